The van der Waals surface area contributed by atoms with E-state index in [1.54, 1.807) is 0 Å². The number of amides is 1. The molecular weight excluding hydrogens is 389 g/mol. The van der Waals surface area contributed by atoms with Gasteiger partial charge in [0, 0.05) is 24.7 Å². The fraction of sp³-hybridized carbons (Fsp3) is 0.600. The summed E-state index contributed by atoms with van der Waals surface area (Å²) in [5.41, 5.74) is 5.16. The van der Waals surface area contributed by atoms with Crippen molar-refractivity contribution in [2.45, 2.75) is 43.9 Å². The molecule has 3 N–H and O–H groups in total. The van der Waals surface area contributed by atoms with Gasteiger partial charge < -0.3 is 15.8 Å². The van der Waals surface area contributed by atoms with Gasteiger partial charge in [-0.25, -0.2) is 13.4 Å². The molecule has 2 unspecified atom stereocenters. The molecular formula is C15H25Cl2N3O4S. The van der Waals surface area contributed by atoms with Crippen LogP contribution in [0.15, 0.2) is 23.4 Å². The minimum absolute atomic E-state index is 0. The Hall–Kier alpha value is -0.930. The number of hydrogen-bond donors (Lipinski definition) is 2. The number of nitrogens with zero attached hydrogens (tertiary/aromatic N) is 1. The van der Waals surface area contributed by atoms with Crippen LogP contribution in [0.2, 0.25) is 0 Å². The predicted molar refractivity (Wildman–Crippen MR) is 101 cm³/mol. The molecule has 0 spiro atoms. The molecule has 0 radical (unpaired) electrons. The van der Waals surface area contributed by atoms with E-state index in [4.69, 9.17) is 10.5 Å². The molecule has 10 heteroatoms. The smallest absolute Gasteiger partial charge is 0.245 e. The van der Waals surface area contributed by atoms with Crippen LogP contribution in [0.4, 0.5) is 5.69 Å². The summed E-state index contributed by atoms with van der Waals surface area (Å²) in [6, 6.07) is 2.85. The number of aromatic nitrogens is 1. The van der Waals surface area contributed by atoms with Crippen molar-refractivity contribution in [2.75, 3.05) is 18.2 Å². The number of hydrogen-bond acceptors (Lipinski definition) is 6. The van der Waals surface area contributed by atoms with E-state index >= 15 is 0 Å². The molecule has 1 aromatic heterocycles. The lowest BCUT2D eigenvalue weighted by molar-refractivity contribution is -0.166. The summed E-state index contributed by atoms with van der Waals surface area (Å²) in [4.78, 5) is 16.4. The zero-order valence-electron chi connectivity index (χ0n) is 14.6. The van der Waals surface area contributed by atoms with Crippen LogP contribution in [0.1, 0.15) is 27.2 Å². The highest BCUT2D eigenvalue weighted by atomic mass is 35.5. The Kier molecular flexibility index (Phi) is 7.87. The van der Waals surface area contributed by atoms with E-state index in [0.717, 1.165) is 6.26 Å². The zero-order chi connectivity index (χ0) is 17.5. The Balaban J connectivity index is 0.00000288. The first-order chi connectivity index (χ1) is 10.5. The molecule has 1 saturated carbocycles. The Morgan fingerprint density at radius 1 is 1.40 bits per heavy atom. The second-order valence-corrected chi connectivity index (χ2v) is 8.42. The molecule has 1 fully saturated rings. The minimum atomic E-state index is -3.37. The third kappa shape index (κ3) is 4.43. The number of pyridine rings is 1. The van der Waals surface area contributed by atoms with E-state index in [1.165, 1.54) is 18.3 Å². The number of halogens is 2. The third-order valence-electron chi connectivity index (χ3n) is 4.61. The first-order valence-corrected chi connectivity index (χ1v) is 9.29. The average molecular weight is 414 g/mol. The third-order valence-corrected chi connectivity index (χ3v) is 5.61. The standard InChI is InChI=1S/C15H23N3O4S.2ClH/c1-5-22-11-8-15(16,14(11,2)3)13(19)18-10-6-7-12(17-9-10)23(4,20)21;;/h6-7,9,11H,5,8,16H2,1-4H3,(H,18,19);2*1H. The second-order valence-electron chi connectivity index (χ2n) is 6.45. The number of sulfone groups is 1. The van der Waals surface area contributed by atoms with Crippen LogP contribution in [0.25, 0.3) is 0 Å². The molecule has 1 aromatic rings. The van der Waals surface area contributed by atoms with Crippen LogP contribution in [0, 0.1) is 5.41 Å². The van der Waals surface area contributed by atoms with Crippen LogP contribution in [-0.2, 0) is 19.4 Å². The molecule has 1 amide bonds. The number of nitrogens with two attached hydrogens (primary N) is 1. The van der Waals surface area contributed by atoms with Crippen LogP contribution < -0.4 is 11.1 Å². The molecule has 1 heterocycles. The number of carbonyl (C=O) groups excluding carboxylic acids is 1. The van der Waals surface area contributed by atoms with Gasteiger partial charge in [0.25, 0.3) is 0 Å². The fourth-order valence-electron chi connectivity index (χ4n) is 2.74. The van der Waals surface area contributed by atoms with Gasteiger partial charge in [0.2, 0.25) is 5.91 Å². The van der Waals surface area contributed by atoms with Crippen LogP contribution in [0.5, 0.6) is 0 Å². The first-order valence-electron chi connectivity index (χ1n) is 7.40. The highest BCUT2D eigenvalue weighted by Gasteiger charge is 2.62. The Morgan fingerprint density at radius 3 is 2.40 bits per heavy atom. The van der Waals surface area contributed by atoms with E-state index in [1.807, 2.05) is 20.8 Å². The molecule has 2 rings (SSSR count). The Bertz CT molecular complexity index is 710. The van der Waals surface area contributed by atoms with E-state index in [-0.39, 0.29) is 41.9 Å². The summed E-state index contributed by atoms with van der Waals surface area (Å²) >= 11 is 0. The van der Waals surface area contributed by atoms with Crippen LogP contribution in [-0.4, -0.2) is 43.8 Å². The Labute approximate surface area is 160 Å². The van der Waals surface area contributed by atoms with Crippen LogP contribution >= 0.6 is 24.8 Å². The highest BCUT2D eigenvalue weighted by molar-refractivity contribution is 7.90. The minimum Gasteiger partial charge on any atom is -0.378 e. The SMILES string of the molecule is CCOC1CC(N)(C(=O)Nc2ccc(S(C)(=O)=O)nc2)C1(C)C.Cl.Cl. The van der Waals surface area contributed by atoms with Gasteiger partial charge in [0.05, 0.1) is 18.0 Å². The van der Waals surface area contributed by atoms with Crippen molar-refractivity contribution in [1.29, 1.82) is 0 Å². The molecule has 1 aliphatic rings. The number of nitrogens with one attached hydrogen (secondary N) is 1. The van der Waals surface area contributed by atoms with E-state index in [9.17, 15) is 13.2 Å². The molecule has 144 valence electrons. The van der Waals surface area contributed by atoms with E-state index < -0.39 is 20.8 Å². The summed E-state index contributed by atoms with van der Waals surface area (Å²) in [5.74, 6) is -0.327. The van der Waals surface area contributed by atoms with Crippen molar-refractivity contribution in [3.63, 3.8) is 0 Å². The predicted octanol–water partition coefficient (Wildman–Crippen LogP) is 1.80. The summed E-state index contributed by atoms with van der Waals surface area (Å²) in [6.45, 7) is 6.28. The van der Waals surface area contributed by atoms with Crippen molar-refractivity contribution >= 4 is 46.2 Å². The lowest BCUT2D eigenvalue weighted by Crippen LogP contribution is -2.74. The van der Waals surface area contributed by atoms with Crippen LogP contribution in [0.3, 0.4) is 0 Å². The van der Waals surface area contributed by atoms with Gasteiger partial charge in [0.15, 0.2) is 14.9 Å². The molecule has 0 saturated heterocycles. The van der Waals surface area contributed by atoms with E-state index in [2.05, 4.69) is 10.3 Å². The molecule has 25 heavy (non-hydrogen) atoms. The number of ether oxygens (including phenoxy) is 1. The van der Waals surface area contributed by atoms with Crippen molar-refractivity contribution < 1.29 is 17.9 Å². The quantitative estimate of drug-likeness (QED) is 0.760. The molecule has 0 bridgehead atoms. The van der Waals surface area contributed by atoms with Gasteiger partial charge in [-0.15, -0.1) is 24.8 Å². The van der Waals surface area contributed by atoms with Gasteiger partial charge >= 0.3 is 0 Å². The lowest BCUT2D eigenvalue weighted by Gasteiger charge is -2.57. The van der Waals surface area contributed by atoms with Crippen molar-refractivity contribution in [3.8, 4) is 0 Å². The summed E-state index contributed by atoms with van der Waals surface area (Å²) in [6.07, 6.45) is 2.76. The maximum Gasteiger partial charge on any atom is 0.245 e. The topological polar surface area (TPSA) is 111 Å². The lowest BCUT2D eigenvalue weighted by atomic mass is 9.54. The largest absolute Gasteiger partial charge is 0.378 e. The first kappa shape index (κ1) is 24.1. The van der Waals surface area contributed by atoms with Gasteiger partial charge in [-0.1, -0.05) is 13.8 Å². The number of rotatable bonds is 5. The zero-order valence-corrected chi connectivity index (χ0v) is 17.1. The molecule has 0 aromatic carbocycles. The maximum absolute atomic E-state index is 12.5. The van der Waals surface area contributed by atoms with Gasteiger partial charge in [-0.3, -0.25) is 4.79 Å². The monoisotopic (exact) mass is 413 g/mol. The second kappa shape index (κ2) is 8.18. The van der Waals surface area contributed by atoms with Gasteiger partial charge in [0.1, 0.15) is 5.54 Å². The molecule has 1 aliphatic carbocycles. The number of anilines is 1. The molecule has 7 nitrogen and oxygen atoms in total. The summed E-state index contributed by atoms with van der Waals surface area (Å²) in [7, 11) is -3.37. The number of carbonyl (C=O) groups is 1. The summed E-state index contributed by atoms with van der Waals surface area (Å²) < 4.78 is 28.4. The molecule has 2 atom stereocenters. The Morgan fingerprint density at radius 2 is 2.00 bits per heavy atom. The summed E-state index contributed by atoms with van der Waals surface area (Å²) in [5, 5.41) is 2.66. The van der Waals surface area contributed by atoms with Gasteiger partial charge in [-0.2, -0.15) is 0 Å². The fourth-order valence-corrected chi connectivity index (χ4v) is 3.30. The van der Waals surface area contributed by atoms with Crippen molar-refractivity contribution in [2.24, 2.45) is 11.1 Å². The van der Waals surface area contributed by atoms with Gasteiger partial charge in [-0.05, 0) is 19.1 Å². The maximum atomic E-state index is 12.5. The highest BCUT2D eigenvalue weighted by Crippen LogP contribution is 2.50. The van der Waals surface area contributed by atoms with E-state index in [0.29, 0.717) is 18.7 Å². The normalized spacial score (nSPS) is 24.3. The average Bonchev–Trinajstić information content (AvgIpc) is 2.46. The van der Waals surface area contributed by atoms with Crippen molar-refractivity contribution in [1.82, 2.24) is 4.98 Å². The molecule has 0 aliphatic heterocycles. The van der Waals surface area contributed by atoms with Crippen molar-refractivity contribution in [3.05, 3.63) is 18.3 Å².